The van der Waals surface area contributed by atoms with Gasteiger partial charge in [0.25, 0.3) is 11.8 Å². The molecule has 0 atom stereocenters. The molecule has 7 heteroatoms. The molecule has 0 aromatic heterocycles. The molecule has 0 radical (unpaired) electrons. The van der Waals surface area contributed by atoms with Crippen LogP contribution in [0.5, 0.6) is 5.75 Å². The Hall–Kier alpha value is -4.26. The number of amides is 2. The fourth-order valence-electron chi connectivity index (χ4n) is 3.27. The van der Waals surface area contributed by atoms with Crippen LogP contribution >= 0.6 is 0 Å². The fraction of sp³-hybridized carbons (Fsp3) is 0.0833. The molecular weight excluding hydrogens is 398 g/mol. The first-order chi connectivity index (χ1) is 14.8. The zero-order chi connectivity index (χ0) is 22.1. The number of hydrogen-bond donors (Lipinski definition) is 1. The van der Waals surface area contributed by atoms with Crippen molar-refractivity contribution in [3.8, 4) is 5.75 Å². The number of nitrogens with zero attached hydrogens (tertiary/aromatic N) is 1. The van der Waals surface area contributed by atoms with E-state index in [2.05, 4.69) is 0 Å². The van der Waals surface area contributed by atoms with E-state index in [0.717, 1.165) is 10.5 Å². The highest BCUT2D eigenvalue weighted by atomic mass is 16.5. The predicted molar refractivity (Wildman–Crippen MR) is 111 cm³/mol. The Morgan fingerprint density at radius 3 is 2.26 bits per heavy atom. The smallest absolute Gasteiger partial charge is 0.338 e. The van der Waals surface area contributed by atoms with Crippen LogP contribution in [0.25, 0.3) is 0 Å². The van der Waals surface area contributed by atoms with E-state index in [1.165, 1.54) is 42.5 Å². The van der Waals surface area contributed by atoms with Gasteiger partial charge in [-0.05, 0) is 37.3 Å². The second-order valence-electron chi connectivity index (χ2n) is 7.09. The number of phenolic OH excluding ortho intramolecular Hbond substituents is 1. The SMILES string of the molecule is Cc1ccc(C(=O)COC(=O)c2ccc3c(c2)C(=O)N(c2cccc(O)c2)C3=O)cc1. The number of Topliss-reactive ketones (excluding diaryl/α,β-unsaturated/α-hetero) is 1. The largest absolute Gasteiger partial charge is 0.508 e. The molecule has 1 heterocycles. The topological polar surface area (TPSA) is 101 Å². The van der Waals surface area contributed by atoms with Crippen molar-refractivity contribution in [2.45, 2.75) is 6.92 Å². The maximum Gasteiger partial charge on any atom is 0.338 e. The number of imide groups is 1. The molecule has 0 aliphatic carbocycles. The fourth-order valence-corrected chi connectivity index (χ4v) is 3.27. The molecule has 0 unspecified atom stereocenters. The molecule has 0 spiro atoms. The maximum absolute atomic E-state index is 12.8. The standard InChI is InChI=1S/C24H17NO6/c1-14-5-7-15(8-6-14)21(27)13-31-24(30)16-9-10-19-20(11-16)23(29)25(22(19)28)17-3-2-4-18(26)12-17/h2-12,26H,13H2,1H3. The second-order valence-corrected chi connectivity index (χ2v) is 7.09. The monoisotopic (exact) mass is 415 g/mol. The lowest BCUT2D eigenvalue weighted by atomic mass is 10.1. The lowest BCUT2D eigenvalue weighted by Gasteiger charge is -2.13. The Kier molecular flexibility index (Phi) is 5.09. The normalized spacial score (nSPS) is 12.6. The molecule has 0 bridgehead atoms. The maximum atomic E-state index is 12.8. The van der Waals surface area contributed by atoms with Gasteiger partial charge in [-0.25, -0.2) is 9.69 Å². The molecular formula is C24H17NO6. The number of carbonyl (C=O) groups is 4. The minimum Gasteiger partial charge on any atom is -0.508 e. The number of anilines is 1. The van der Waals surface area contributed by atoms with E-state index in [1.54, 1.807) is 24.3 Å². The highest BCUT2D eigenvalue weighted by Gasteiger charge is 2.37. The van der Waals surface area contributed by atoms with Crippen molar-refractivity contribution in [1.82, 2.24) is 0 Å². The number of carbonyl (C=O) groups excluding carboxylic acids is 4. The summed E-state index contributed by atoms with van der Waals surface area (Å²) in [6.45, 7) is 1.46. The number of aromatic hydroxyl groups is 1. The first-order valence-corrected chi connectivity index (χ1v) is 9.44. The van der Waals surface area contributed by atoms with Gasteiger partial charge >= 0.3 is 5.97 Å². The number of phenols is 1. The van der Waals surface area contributed by atoms with Gasteiger partial charge in [-0.2, -0.15) is 0 Å². The summed E-state index contributed by atoms with van der Waals surface area (Å²) in [5, 5.41) is 9.64. The van der Waals surface area contributed by atoms with Crippen LogP contribution in [0, 0.1) is 6.92 Å². The summed E-state index contributed by atoms with van der Waals surface area (Å²) in [6.07, 6.45) is 0. The van der Waals surface area contributed by atoms with E-state index in [9.17, 15) is 24.3 Å². The number of esters is 1. The summed E-state index contributed by atoms with van der Waals surface area (Å²) < 4.78 is 5.09. The summed E-state index contributed by atoms with van der Waals surface area (Å²) in [6, 6.07) is 16.7. The Bertz CT molecular complexity index is 1230. The lowest BCUT2D eigenvalue weighted by molar-refractivity contribution is 0.0474. The zero-order valence-corrected chi connectivity index (χ0v) is 16.5. The van der Waals surface area contributed by atoms with E-state index in [-0.39, 0.29) is 33.9 Å². The summed E-state index contributed by atoms with van der Waals surface area (Å²) in [5.41, 5.74) is 1.89. The third-order valence-electron chi connectivity index (χ3n) is 4.92. The van der Waals surface area contributed by atoms with E-state index in [0.29, 0.717) is 5.56 Å². The van der Waals surface area contributed by atoms with Crippen molar-refractivity contribution in [1.29, 1.82) is 0 Å². The van der Waals surface area contributed by atoms with Crippen LogP contribution in [0.4, 0.5) is 5.69 Å². The Labute approximate surface area is 177 Å². The van der Waals surface area contributed by atoms with Gasteiger partial charge < -0.3 is 9.84 Å². The minimum atomic E-state index is -0.778. The van der Waals surface area contributed by atoms with Gasteiger partial charge in [-0.15, -0.1) is 0 Å². The van der Waals surface area contributed by atoms with Gasteiger partial charge in [0.2, 0.25) is 0 Å². The van der Waals surface area contributed by atoms with Crippen molar-refractivity contribution in [2.75, 3.05) is 11.5 Å². The van der Waals surface area contributed by atoms with Gasteiger partial charge in [-0.3, -0.25) is 14.4 Å². The second kappa shape index (κ2) is 7.87. The molecule has 31 heavy (non-hydrogen) atoms. The van der Waals surface area contributed by atoms with Crippen LogP contribution in [0.15, 0.2) is 66.7 Å². The molecule has 7 nitrogen and oxygen atoms in total. The number of ether oxygens (including phenoxy) is 1. The Morgan fingerprint density at radius 1 is 0.871 bits per heavy atom. The summed E-state index contributed by atoms with van der Waals surface area (Å²) in [4.78, 5) is 51.0. The van der Waals surface area contributed by atoms with Crippen molar-refractivity contribution in [2.24, 2.45) is 0 Å². The molecule has 2 amide bonds. The number of rotatable bonds is 5. The number of ketones is 1. The summed E-state index contributed by atoms with van der Waals surface area (Å²) in [5.74, 6) is -2.39. The van der Waals surface area contributed by atoms with Gasteiger partial charge in [0.15, 0.2) is 12.4 Å². The van der Waals surface area contributed by atoms with E-state index in [4.69, 9.17) is 4.74 Å². The summed E-state index contributed by atoms with van der Waals surface area (Å²) >= 11 is 0. The third-order valence-corrected chi connectivity index (χ3v) is 4.92. The van der Waals surface area contributed by atoms with Crippen molar-refractivity contribution < 1.29 is 29.0 Å². The molecule has 0 fully saturated rings. The number of benzene rings is 3. The van der Waals surface area contributed by atoms with Gasteiger partial charge in [0.1, 0.15) is 5.75 Å². The van der Waals surface area contributed by atoms with Crippen LogP contribution in [-0.4, -0.2) is 35.3 Å². The highest BCUT2D eigenvalue weighted by Crippen LogP contribution is 2.30. The zero-order valence-electron chi connectivity index (χ0n) is 16.5. The quantitative estimate of drug-likeness (QED) is 0.389. The lowest BCUT2D eigenvalue weighted by Crippen LogP contribution is -2.29. The van der Waals surface area contributed by atoms with Crippen molar-refractivity contribution >= 4 is 29.3 Å². The van der Waals surface area contributed by atoms with Crippen molar-refractivity contribution in [3.63, 3.8) is 0 Å². The molecule has 1 aliphatic heterocycles. The average molecular weight is 415 g/mol. The van der Waals surface area contributed by atoms with Gasteiger partial charge in [0, 0.05) is 11.6 Å². The molecule has 1 aliphatic rings. The summed E-state index contributed by atoms with van der Waals surface area (Å²) in [7, 11) is 0. The minimum absolute atomic E-state index is 0.0488. The highest BCUT2D eigenvalue weighted by molar-refractivity contribution is 6.34. The van der Waals surface area contributed by atoms with Crippen LogP contribution in [0.1, 0.15) is 47.0 Å². The predicted octanol–water partition coefficient (Wildman–Crippen LogP) is 3.54. The average Bonchev–Trinajstić information content (AvgIpc) is 3.02. The number of fused-ring (bicyclic) bond motifs is 1. The molecule has 0 saturated carbocycles. The molecule has 3 aromatic rings. The third kappa shape index (κ3) is 3.81. The molecule has 4 rings (SSSR count). The van der Waals surface area contributed by atoms with Crippen molar-refractivity contribution in [3.05, 3.63) is 94.5 Å². The molecule has 0 saturated heterocycles. The van der Waals surface area contributed by atoms with E-state index >= 15 is 0 Å². The van der Waals surface area contributed by atoms with Crippen LogP contribution in [0.2, 0.25) is 0 Å². The first kappa shape index (κ1) is 20.0. The van der Waals surface area contributed by atoms with Crippen LogP contribution in [-0.2, 0) is 4.74 Å². The Balaban J connectivity index is 1.51. The van der Waals surface area contributed by atoms with Crippen LogP contribution < -0.4 is 4.90 Å². The van der Waals surface area contributed by atoms with Crippen LogP contribution in [0.3, 0.4) is 0 Å². The van der Waals surface area contributed by atoms with E-state index < -0.39 is 24.4 Å². The molecule has 1 N–H and O–H groups in total. The van der Waals surface area contributed by atoms with E-state index in [1.807, 2.05) is 6.92 Å². The number of hydrogen-bond acceptors (Lipinski definition) is 6. The van der Waals surface area contributed by atoms with Gasteiger partial charge in [-0.1, -0.05) is 35.9 Å². The first-order valence-electron chi connectivity index (χ1n) is 9.44. The number of aryl methyl sites for hydroxylation is 1. The molecule has 3 aromatic carbocycles. The van der Waals surface area contributed by atoms with Gasteiger partial charge in [0.05, 0.1) is 22.4 Å². The molecule has 154 valence electrons. The Morgan fingerprint density at radius 2 is 1.55 bits per heavy atom.